The van der Waals surface area contributed by atoms with E-state index in [0.29, 0.717) is 0 Å². The van der Waals surface area contributed by atoms with Crippen LogP contribution in [0.1, 0.15) is 16.3 Å². The van der Waals surface area contributed by atoms with E-state index in [1.807, 2.05) is 0 Å². The van der Waals surface area contributed by atoms with Crippen molar-refractivity contribution >= 4 is 29.2 Å². The molecule has 6 heteroatoms. The Hall–Kier alpha value is -0.870. The van der Waals surface area contributed by atoms with Gasteiger partial charge in [-0.25, -0.2) is 14.8 Å². The third-order valence-electron chi connectivity index (χ3n) is 1.13. The maximum atomic E-state index is 10.5. The summed E-state index contributed by atoms with van der Waals surface area (Å²) in [5, 5.41) is 8.41. The largest absolute Gasteiger partial charge is 0.476 e. The van der Waals surface area contributed by atoms with Crippen molar-refractivity contribution in [1.82, 2.24) is 9.97 Å². The summed E-state index contributed by atoms with van der Waals surface area (Å²) in [6.45, 7) is 1.54. The minimum atomic E-state index is -1.22. The van der Waals surface area contributed by atoms with Gasteiger partial charge in [-0.2, -0.15) is 0 Å². The van der Waals surface area contributed by atoms with Gasteiger partial charge in [0.1, 0.15) is 10.8 Å². The Balaban J connectivity index is 3.37. The molecular weight excluding hydrogens is 203 g/mol. The fourth-order valence-corrected chi connectivity index (χ4v) is 1.04. The summed E-state index contributed by atoms with van der Waals surface area (Å²) in [7, 11) is 0. The van der Waals surface area contributed by atoms with E-state index >= 15 is 0 Å². The Morgan fingerprint density at radius 1 is 1.42 bits per heavy atom. The SMILES string of the molecule is Cc1nc(Cl)c(Cl)c(C(=O)O)n1. The summed E-state index contributed by atoms with van der Waals surface area (Å²) in [4.78, 5) is 17.8. The molecule has 1 aromatic rings. The number of aromatic nitrogens is 2. The topological polar surface area (TPSA) is 63.1 Å². The van der Waals surface area contributed by atoms with Gasteiger partial charge in [0.25, 0.3) is 0 Å². The minimum Gasteiger partial charge on any atom is -0.476 e. The highest BCUT2D eigenvalue weighted by Crippen LogP contribution is 2.22. The summed E-state index contributed by atoms with van der Waals surface area (Å²) in [5.41, 5.74) is -0.269. The van der Waals surface area contributed by atoms with Crippen molar-refractivity contribution in [3.8, 4) is 0 Å². The van der Waals surface area contributed by atoms with Gasteiger partial charge in [0.05, 0.1) is 0 Å². The van der Waals surface area contributed by atoms with E-state index in [4.69, 9.17) is 28.3 Å². The van der Waals surface area contributed by atoms with E-state index in [1.165, 1.54) is 6.92 Å². The molecule has 0 atom stereocenters. The smallest absolute Gasteiger partial charge is 0.356 e. The molecule has 0 bridgehead atoms. The Bertz CT molecular complexity index is 341. The lowest BCUT2D eigenvalue weighted by Gasteiger charge is -2.00. The third-order valence-corrected chi connectivity index (χ3v) is 1.85. The number of carbonyl (C=O) groups is 1. The highest BCUT2D eigenvalue weighted by molar-refractivity contribution is 6.42. The van der Waals surface area contributed by atoms with Crippen molar-refractivity contribution in [2.75, 3.05) is 0 Å². The van der Waals surface area contributed by atoms with Gasteiger partial charge in [0.15, 0.2) is 10.8 Å². The zero-order chi connectivity index (χ0) is 9.30. The number of hydrogen-bond donors (Lipinski definition) is 1. The summed E-state index contributed by atoms with van der Waals surface area (Å²) >= 11 is 11.0. The summed E-state index contributed by atoms with van der Waals surface area (Å²) in [6, 6.07) is 0. The van der Waals surface area contributed by atoms with E-state index in [1.54, 1.807) is 0 Å². The molecule has 0 saturated carbocycles. The van der Waals surface area contributed by atoms with Gasteiger partial charge in [-0.15, -0.1) is 0 Å². The van der Waals surface area contributed by atoms with Gasteiger partial charge in [-0.05, 0) is 6.92 Å². The number of nitrogens with zero attached hydrogens (tertiary/aromatic N) is 2. The number of rotatable bonds is 1. The molecule has 0 radical (unpaired) electrons. The molecule has 0 aliphatic rings. The maximum Gasteiger partial charge on any atom is 0.356 e. The monoisotopic (exact) mass is 206 g/mol. The highest BCUT2D eigenvalue weighted by atomic mass is 35.5. The first-order chi connectivity index (χ1) is 5.52. The van der Waals surface area contributed by atoms with Crippen molar-refractivity contribution < 1.29 is 9.90 Å². The first-order valence-electron chi connectivity index (χ1n) is 2.95. The lowest BCUT2D eigenvalue weighted by molar-refractivity contribution is 0.0690. The Morgan fingerprint density at radius 3 is 2.50 bits per heavy atom. The number of aryl methyl sites for hydroxylation is 1. The van der Waals surface area contributed by atoms with Gasteiger partial charge in [-0.1, -0.05) is 23.2 Å². The Morgan fingerprint density at radius 2 is 2.00 bits per heavy atom. The Labute approximate surface area is 78.2 Å². The molecule has 0 aromatic carbocycles. The van der Waals surface area contributed by atoms with Gasteiger partial charge >= 0.3 is 5.97 Å². The van der Waals surface area contributed by atoms with Gasteiger partial charge in [-0.3, -0.25) is 0 Å². The first kappa shape index (κ1) is 9.22. The minimum absolute atomic E-state index is 0.0402. The second-order valence-electron chi connectivity index (χ2n) is 2.03. The Kier molecular flexibility index (Phi) is 2.49. The molecule has 0 saturated heterocycles. The number of halogens is 2. The molecule has 0 aliphatic carbocycles. The molecule has 0 aliphatic heterocycles. The van der Waals surface area contributed by atoms with Crippen LogP contribution in [-0.2, 0) is 0 Å². The van der Waals surface area contributed by atoms with E-state index in [-0.39, 0.29) is 21.7 Å². The van der Waals surface area contributed by atoms with E-state index in [2.05, 4.69) is 9.97 Å². The molecule has 0 amide bonds. The molecule has 1 N–H and O–H groups in total. The molecule has 1 aromatic heterocycles. The molecule has 4 nitrogen and oxygen atoms in total. The summed E-state index contributed by atoms with van der Waals surface area (Å²) < 4.78 is 0. The van der Waals surface area contributed by atoms with Gasteiger partial charge in [0, 0.05) is 0 Å². The zero-order valence-electron chi connectivity index (χ0n) is 6.01. The third kappa shape index (κ3) is 1.65. The van der Waals surface area contributed by atoms with Crippen LogP contribution in [0, 0.1) is 6.92 Å². The molecule has 1 rings (SSSR count). The number of carboxylic acids is 1. The molecular formula is C6H4Cl2N2O2. The van der Waals surface area contributed by atoms with Crippen LogP contribution in [0.2, 0.25) is 10.2 Å². The van der Waals surface area contributed by atoms with E-state index in [9.17, 15) is 4.79 Å². The van der Waals surface area contributed by atoms with Crippen molar-refractivity contribution in [3.05, 3.63) is 21.7 Å². The number of hydrogen-bond acceptors (Lipinski definition) is 3. The van der Waals surface area contributed by atoms with Gasteiger partial charge < -0.3 is 5.11 Å². The molecule has 12 heavy (non-hydrogen) atoms. The highest BCUT2D eigenvalue weighted by Gasteiger charge is 2.15. The van der Waals surface area contributed by atoms with Crippen LogP contribution in [0.3, 0.4) is 0 Å². The van der Waals surface area contributed by atoms with Crippen LogP contribution < -0.4 is 0 Å². The molecule has 0 spiro atoms. The standard InChI is InChI=1S/C6H4Cl2N2O2/c1-2-9-4(6(11)12)3(7)5(8)10-2/h1H3,(H,11,12). The van der Waals surface area contributed by atoms with Crippen LogP contribution in [0.25, 0.3) is 0 Å². The van der Waals surface area contributed by atoms with Crippen LogP contribution >= 0.6 is 23.2 Å². The lowest BCUT2D eigenvalue weighted by atomic mass is 10.4. The fraction of sp³-hybridized carbons (Fsp3) is 0.167. The predicted octanol–water partition coefficient (Wildman–Crippen LogP) is 1.79. The lowest BCUT2D eigenvalue weighted by Crippen LogP contribution is -2.04. The zero-order valence-corrected chi connectivity index (χ0v) is 7.52. The van der Waals surface area contributed by atoms with Crippen LogP contribution in [0.5, 0.6) is 0 Å². The second kappa shape index (κ2) is 3.25. The molecule has 64 valence electrons. The average molecular weight is 207 g/mol. The molecule has 1 heterocycles. The summed E-state index contributed by atoms with van der Waals surface area (Å²) in [5.74, 6) is -0.936. The van der Waals surface area contributed by atoms with Crippen molar-refractivity contribution in [3.63, 3.8) is 0 Å². The normalized spacial score (nSPS) is 9.92. The number of carboxylic acid groups (broad SMARTS) is 1. The van der Waals surface area contributed by atoms with Crippen LogP contribution in [0.15, 0.2) is 0 Å². The number of aromatic carboxylic acids is 1. The maximum absolute atomic E-state index is 10.5. The fourth-order valence-electron chi connectivity index (χ4n) is 0.666. The van der Waals surface area contributed by atoms with E-state index in [0.717, 1.165) is 0 Å². The van der Waals surface area contributed by atoms with Crippen molar-refractivity contribution in [2.45, 2.75) is 6.92 Å². The predicted molar refractivity (Wildman–Crippen MR) is 43.7 cm³/mol. The molecule has 0 fully saturated rings. The first-order valence-corrected chi connectivity index (χ1v) is 3.71. The van der Waals surface area contributed by atoms with Crippen molar-refractivity contribution in [1.29, 1.82) is 0 Å². The van der Waals surface area contributed by atoms with Crippen LogP contribution in [-0.4, -0.2) is 21.0 Å². The van der Waals surface area contributed by atoms with Crippen molar-refractivity contribution in [2.24, 2.45) is 0 Å². The summed E-state index contributed by atoms with van der Waals surface area (Å²) in [6.07, 6.45) is 0. The molecule has 0 unspecified atom stereocenters. The quantitative estimate of drug-likeness (QED) is 0.713. The van der Waals surface area contributed by atoms with Gasteiger partial charge in [0.2, 0.25) is 0 Å². The van der Waals surface area contributed by atoms with Crippen LogP contribution in [0.4, 0.5) is 0 Å². The average Bonchev–Trinajstić information content (AvgIpc) is 1.96. The van der Waals surface area contributed by atoms with E-state index < -0.39 is 5.97 Å². The second-order valence-corrected chi connectivity index (χ2v) is 2.77.